The van der Waals surface area contributed by atoms with Gasteiger partial charge in [-0.1, -0.05) is 6.92 Å². The first-order valence-electron chi connectivity index (χ1n) is 7.76. The summed E-state index contributed by atoms with van der Waals surface area (Å²) in [5.74, 6) is -1.49. The lowest BCUT2D eigenvalue weighted by atomic mass is 9.96. The molecule has 0 aromatic heterocycles. The van der Waals surface area contributed by atoms with Gasteiger partial charge in [0, 0.05) is 33.2 Å². The van der Waals surface area contributed by atoms with Crippen LogP contribution in [0.2, 0.25) is 0 Å². The number of amides is 2. The third-order valence-electron chi connectivity index (χ3n) is 3.79. The molecule has 0 aliphatic carbocycles. The van der Waals surface area contributed by atoms with Crippen molar-refractivity contribution in [1.82, 2.24) is 9.80 Å². The van der Waals surface area contributed by atoms with E-state index in [1.54, 1.807) is 4.90 Å². The Hall–Kier alpha value is -1.63. The molecule has 1 unspecified atom stereocenters. The predicted molar refractivity (Wildman–Crippen MR) is 80.3 cm³/mol. The van der Waals surface area contributed by atoms with Crippen LogP contribution in [0.4, 0.5) is 0 Å². The lowest BCUT2D eigenvalue weighted by Gasteiger charge is -2.34. The van der Waals surface area contributed by atoms with Crippen molar-refractivity contribution in [3.05, 3.63) is 0 Å². The summed E-state index contributed by atoms with van der Waals surface area (Å²) in [7, 11) is 1.51. The molecule has 1 fully saturated rings. The summed E-state index contributed by atoms with van der Waals surface area (Å²) in [4.78, 5) is 38.5. The third kappa shape index (κ3) is 5.63. The molecule has 1 aliphatic rings. The summed E-state index contributed by atoms with van der Waals surface area (Å²) < 4.78 is 4.93. The Balaban J connectivity index is 2.67. The minimum atomic E-state index is -1.04. The smallest absolute Gasteiger partial charge is 0.323 e. The first kappa shape index (κ1) is 18.4. The Kier molecular flexibility index (Phi) is 7.87. The zero-order valence-electron chi connectivity index (χ0n) is 13.4. The first-order valence-corrected chi connectivity index (χ1v) is 7.76. The van der Waals surface area contributed by atoms with E-state index in [0.717, 1.165) is 12.8 Å². The summed E-state index contributed by atoms with van der Waals surface area (Å²) in [6.45, 7) is 3.23. The summed E-state index contributed by atoms with van der Waals surface area (Å²) in [5.41, 5.74) is 0. The minimum Gasteiger partial charge on any atom is -0.480 e. The van der Waals surface area contributed by atoms with Crippen molar-refractivity contribution in [2.24, 2.45) is 5.92 Å². The maximum atomic E-state index is 12.5. The number of likely N-dealkylation sites (tertiary alicyclic amines) is 1. The Bertz CT molecular complexity index is 399. The molecule has 1 N–H and O–H groups in total. The van der Waals surface area contributed by atoms with E-state index in [-0.39, 0.29) is 30.8 Å². The second-order valence-electron chi connectivity index (χ2n) is 5.58. The summed E-state index contributed by atoms with van der Waals surface area (Å²) in [5, 5.41) is 8.94. The number of piperidine rings is 1. The number of carbonyl (C=O) groups excluding carboxylic acids is 2. The van der Waals surface area contributed by atoms with Crippen LogP contribution in [0.15, 0.2) is 0 Å². The van der Waals surface area contributed by atoms with Crippen molar-refractivity contribution < 1.29 is 24.2 Å². The molecule has 7 nitrogen and oxygen atoms in total. The monoisotopic (exact) mass is 314 g/mol. The van der Waals surface area contributed by atoms with Gasteiger partial charge < -0.3 is 19.6 Å². The van der Waals surface area contributed by atoms with Crippen molar-refractivity contribution >= 4 is 17.8 Å². The van der Waals surface area contributed by atoms with Crippen molar-refractivity contribution in [2.75, 3.05) is 39.9 Å². The Labute approximate surface area is 131 Å². The van der Waals surface area contributed by atoms with E-state index >= 15 is 0 Å². The van der Waals surface area contributed by atoms with Gasteiger partial charge in [-0.2, -0.15) is 0 Å². The van der Waals surface area contributed by atoms with Gasteiger partial charge in [-0.15, -0.1) is 0 Å². The highest BCUT2D eigenvalue weighted by Gasteiger charge is 2.31. The third-order valence-corrected chi connectivity index (χ3v) is 3.79. The zero-order valence-corrected chi connectivity index (χ0v) is 13.4. The predicted octanol–water partition coefficient (Wildman–Crippen LogP) is 0.585. The molecule has 0 aromatic rings. The van der Waals surface area contributed by atoms with Crippen LogP contribution in [-0.4, -0.2) is 72.6 Å². The van der Waals surface area contributed by atoms with Gasteiger partial charge in [-0.25, -0.2) is 0 Å². The number of carboxylic acids is 1. The number of methoxy groups -OCH3 is 1. The van der Waals surface area contributed by atoms with Gasteiger partial charge in [-0.3, -0.25) is 14.4 Å². The normalized spacial score (nSPS) is 18.1. The standard InChI is InChI=1S/C15H26N2O5/c1-3-5-13(18)16-7-4-6-12(10-16)15(21)17(8-9-22-2)11-14(19)20/h12H,3-11H2,1-2H3,(H,19,20). The van der Waals surface area contributed by atoms with Crippen molar-refractivity contribution in [3.63, 3.8) is 0 Å². The Morgan fingerprint density at radius 3 is 2.68 bits per heavy atom. The number of carboxylic acid groups (broad SMARTS) is 1. The van der Waals surface area contributed by atoms with Crippen LogP contribution in [0.5, 0.6) is 0 Å². The van der Waals surface area contributed by atoms with Gasteiger partial charge >= 0.3 is 5.97 Å². The molecule has 126 valence electrons. The zero-order chi connectivity index (χ0) is 16.5. The highest BCUT2D eigenvalue weighted by atomic mass is 16.5. The van der Waals surface area contributed by atoms with Crippen LogP contribution in [0, 0.1) is 5.92 Å². The van der Waals surface area contributed by atoms with Gasteiger partial charge in [0.25, 0.3) is 0 Å². The fourth-order valence-corrected chi connectivity index (χ4v) is 2.67. The number of rotatable bonds is 8. The van der Waals surface area contributed by atoms with Crippen LogP contribution in [0.1, 0.15) is 32.6 Å². The summed E-state index contributed by atoms with van der Waals surface area (Å²) in [6.07, 6.45) is 2.74. The van der Waals surface area contributed by atoms with Gasteiger partial charge in [0.15, 0.2) is 0 Å². The molecule has 0 radical (unpaired) electrons. The number of hydrogen-bond acceptors (Lipinski definition) is 4. The first-order chi connectivity index (χ1) is 10.5. The van der Waals surface area contributed by atoms with Crippen LogP contribution >= 0.6 is 0 Å². The fourth-order valence-electron chi connectivity index (χ4n) is 2.67. The second-order valence-corrected chi connectivity index (χ2v) is 5.58. The molecule has 22 heavy (non-hydrogen) atoms. The number of hydrogen-bond donors (Lipinski definition) is 1. The highest BCUT2D eigenvalue weighted by molar-refractivity contribution is 5.84. The molecule has 0 bridgehead atoms. The maximum Gasteiger partial charge on any atom is 0.323 e. The second kappa shape index (κ2) is 9.40. The number of ether oxygens (including phenoxy) is 1. The quantitative estimate of drug-likeness (QED) is 0.708. The molecule has 7 heteroatoms. The van der Waals surface area contributed by atoms with Gasteiger partial charge in [-0.05, 0) is 19.3 Å². The van der Waals surface area contributed by atoms with Crippen LogP contribution in [-0.2, 0) is 19.1 Å². The molecule has 1 rings (SSSR count). The van der Waals surface area contributed by atoms with Crippen molar-refractivity contribution in [3.8, 4) is 0 Å². The average molecular weight is 314 g/mol. The Morgan fingerprint density at radius 1 is 1.36 bits per heavy atom. The highest BCUT2D eigenvalue weighted by Crippen LogP contribution is 2.20. The van der Waals surface area contributed by atoms with Crippen molar-refractivity contribution in [2.45, 2.75) is 32.6 Å². The topological polar surface area (TPSA) is 87.2 Å². The molecule has 0 aromatic carbocycles. The Morgan fingerprint density at radius 2 is 2.09 bits per heavy atom. The van der Waals surface area contributed by atoms with Gasteiger partial charge in [0.1, 0.15) is 6.54 Å². The van der Waals surface area contributed by atoms with E-state index < -0.39 is 5.97 Å². The molecule has 1 saturated heterocycles. The molecule has 1 heterocycles. The summed E-state index contributed by atoms with van der Waals surface area (Å²) >= 11 is 0. The molecule has 0 saturated carbocycles. The van der Waals surface area contributed by atoms with Crippen LogP contribution in [0.25, 0.3) is 0 Å². The molecule has 1 aliphatic heterocycles. The van der Waals surface area contributed by atoms with E-state index in [0.29, 0.717) is 32.5 Å². The molecule has 1 atom stereocenters. The minimum absolute atomic E-state index is 0.0710. The van der Waals surface area contributed by atoms with Gasteiger partial charge in [0.2, 0.25) is 11.8 Å². The molecular formula is C15H26N2O5. The van der Waals surface area contributed by atoms with Crippen LogP contribution < -0.4 is 0 Å². The fraction of sp³-hybridized carbons (Fsp3) is 0.800. The number of aliphatic carboxylic acids is 1. The average Bonchev–Trinajstić information content (AvgIpc) is 2.50. The van der Waals surface area contributed by atoms with E-state index in [1.165, 1.54) is 12.0 Å². The van der Waals surface area contributed by atoms with Gasteiger partial charge in [0.05, 0.1) is 12.5 Å². The lowest BCUT2D eigenvalue weighted by Crippen LogP contribution is -2.48. The molecule has 2 amide bonds. The van der Waals surface area contributed by atoms with E-state index in [2.05, 4.69) is 0 Å². The van der Waals surface area contributed by atoms with Crippen molar-refractivity contribution in [1.29, 1.82) is 0 Å². The lowest BCUT2D eigenvalue weighted by molar-refractivity contribution is -0.149. The number of nitrogens with zero attached hydrogens (tertiary/aromatic N) is 2. The maximum absolute atomic E-state index is 12.5. The SMILES string of the molecule is CCCC(=O)N1CCCC(C(=O)N(CCOC)CC(=O)O)C1. The summed E-state index contributed by atoms with van der Waals surface area (Å²) in [6, 6.07) is 0. The largest absolute Gasteiger partial charge is 0.480 e. The molecule has 0 spiro atoms. The van der Waals surface area contributed by atoms with E-state index in [1.807, 2.05) is 6.92 Å². The molecular weight excluding hydrogens is 288 g/mol. The van der Waals surface area contributed by atoms with Crippen LogP contribution in [0.3, 0.4) is 0 Å². The van der Waals surface area contributed by atoms with E-state index in [4.69, 9.17) is 9.84 Å². The number of carbonyl (C=O) groups is 3. The van der Waals surface area contributed by atoms with E-state index in [9.17, 15) is 14.4 Å².